The predicted octanol–water partition coefficient (Wildman–Crippen LogP) is 5.62. The molecular formula is C31H28ClFN2O4. The Kier molecular flexibility index (Phi) is 9.31. The molecule has 200 valence electrons. The summed E-state index contributed by atoms with van der Waals surface area (Å²) >= 11 is 5.92. The van der Waals surface area contributed by atoms with Gasteiger partial charge in [0.2, 0.25) is 5.91 Å². The number of benzene rings is 4. The van der Waals surface area contributed by atoms with Crippen molar-refractivity contribution in [2.45, 2.75) is 12.5 Å². The first-order valence-corrected chi connectivity index (χ1v) is 12.7. The Hall–Kier alpha value is -4.20. The van der Waals surface area contributed by atoms with Gasteiger partial charge in [0.05, 0.1) is 17.2 Å². The molecule has 0 saturated heterocycles. The molecule has 8 heteroatoms. The van der Waals surface area contributed by atoms with Crippen LogP contribution in [0.1, 0.15) is 15.9 Å². The van der Waals surface area contributed by atoms with Crippen molar-refractivity contribution in [3.63, 3.8) is 0 Å². The van der Waals surface area contributed by atoms with Gasteiger partial charge < -0.3 is 20.5 Å². The van der Waals surface area contributed by atoms with Crippen LogP contribution in [0.5, 0.6) is 5.75 Å². The predicted molar refractivity (Wildman–Crippen MR) is 150 cm³/mol. The minimum Gasteiger partial charge on any atom is -0.507 e. The molecule has 0 bridgehead atoms. The molecule has 0 unspecified atom stereocenters. The number of ether oxygens (including phenoxy) is 1. The largest absolute Gasteiger partial charge is 0.507 e. The van der Waals surface area contributed by atoms with Crippen LogP contribution in [0.25, 0.3) is 22.3 Å². The summed E-state index contributed by atoms with van der Waals surface area (Å²) in [5, 5.41) is 15.9. The molecule has 0 aliphatic rings. The lowest BCUT2D eigenvalue weighted by Gasteiger charge is -2.19. The molecule has 39 heavy (non-hydrogen) atoms. The molecule has 3 N–H and O–H groups in total. The molecule has 0 aliphatic heterocycles. The van der Waals surface area contributed by atoms with Crippen molar-refractivity contribution in [1.29, 1.82) is 0 Å². The zero-order valence-corrected chi connectivity index (χ0v) is 22.0. The second-order valence-corrected chi connectivity index (χ2v) is 9.34. The van der Waals surface area contributed by atoms with E-state index in [9.17, 15) is 19.1 Å². The van der Waals surface area contributed by atoms with Crippen LogP contribution in [0.15, 0.2) is 91.0 Å². The van der Waals surface area contributed by atoms with Crippen LogP contribution in [0, 0.1) is 5.82 Å². The normalized spacial score (nSPS) is 11.6. The standard InChI is InChI=1S/C31H28ClFN2O4/c1-39-16-15-34-31(38)28(17-20-7-9-22(10-8-20)21-5-3-2-4-6-21)35-30(37)25-18-23(12-14-29(25)36)24-11-13-27(33)26(32)19-24/h2-14,18-19,28,36H,15-17H2,1H3,(H,34,38)(H,35,37)/t28-/m0/s1. The summed E-state index contributed by atoms with van der Waals surface area (Å²) in [6.45, 7) is 0.599. The fourth-order valence-electron chi connectivity index (χ4n) is 4.12. The molecule has 6 nitrogen and oxygen atoms in total. The number of aromatic hydroxyl groups is 1. The van der Waals surface area contributed by atoms with Crippen molar-refractivity contribution < 1.29 is 23.8 Å². The van der Waals surface area contributed by atoms with E-state index in [2.05, 4.69) is 10.6 Å². The van der Waals surface area contributed by atoms with Crippen LogP contribution in [0.4, 0.5) is 4.39 Å². The highest BCUT2D eigenvalue weighted by molar-refractivity contribution is 6.31. The molecule has 0 aromatic heterocycles. The van der Waals surface area contributed by atoms with Gasteiger partial charge in [-0.25, -0.2) is 4.39 Å². The number of carbonyl (C=O) groups excluding carboxylic acids is 2. The molecule has 0 radical (unpaired) electrons. The second kappa shape index (κ2) is 13.0. The van der Waals surface area contributed by atoms with E-state index in [4.69, 9.17) is 16.3 Å². The third kappa shape index (κ3) is 7.22. The number of methoxy groups -OCH3 is 1. The first-order valence-electron chi connectivity index (χ1n) is 12.4. The fourth-order valence-corrected chi connectivity index (χ4v) is 4.30. The highest BCUT2D eigenvalue weighted by Gasteiger charge is 2.23. The summed E-state index contributed by atoms with van der Waals surface area (Å²) < 4.78 is 18.6. The number of phenolic OH excluding ortho intramolecular Hbond substituents is 1. The lowest BCUT2D eigenvalue weighted by molar-refractivity contribution is -0.123. The van der Waals surface area contributed by atoms with E-state index >= 15 is 0 Å². The summed E-state index contributed by atoms with van der Waals surface area (Å²) in [5.74, 6) is -1.82. The van der Waals surface area contributed by atoms with E-state index in [-0.39, 0.29) is 35.2 Å². The van der Waals surface area contributed by atoms with E-state index in [1.807, 2.05) is 54.6 Å². The minimum atomic E-state index is -0.916. The molecule has 0 aliphatic carbocycles. The summed E-state index contributed by atoms with van der Waals surface area (Å²) in [6.07, 6.45) is 0.230. The Morgan fingerprint density at radius 2 is 1.54 bits per heavy atom. The molecular weight excluding hydrogens is 519 g/mol. The average Bonchev–Trinajstić information content (AvgIpc) is 2.95. The van der Waals surface area contributed by atoms with Gasteiger partial charge in [-0.15, -0.1) is 0 Å². The number of phenols is 1. The maximum absolute atomic E-state index is 13.6. The molecule has 0 fully saturated rings. The van der Waals surface area contributed by atoms with Gasteiger partial charge in [0.25, 0.3) is 5.91 Å². The second-order valence-electron chi connectivity index (χ2n) is 8.94. The van der Waals surface area contributed by atoms with Crippen LogP contribution < -0.4 is 10.6 Å². The zero-order valence-electron chi connectivity index (χ0n) is 21.3. The third-order valence-corrected chi connectivity index (χ3v) is 6.51. The van der Waals surface area contributed by atoms with E-state index < -0.39 is 17.8 Å². The highest BCUT2D eigenvalue weighted by atomic mass is 35.5. The van der Waals surface area contributed by atoms with Crippen molar-refractivity contribution in [3.05, 3.63) is 113 Å². The van der Waals surface area contributed by atoms with E-state index in [0.717, 1.165) is 16.7 Å². The highest BCUT2D eigenvalue weighted by Crippen LogP contribution is 2.29. The lowest BCUT2D eigenvalue weighted by Crippen LogP contribution is -2.48. The Balaban J connectivity index is 1.56. The van der Waals surface area contributed by atoms with Crippen molar-refractivity contribution >= 4 is 23.4 Å². The van der Waals surface area contributed by atoms with Crippen LogP contribution >= 0.6 is 11.6 Å². The lowest BCUT2D eigenvalue weighted by atomic mass is 9.99. The van der Waals surface area contributed by atoms with Gasteiger partial charge in [-0.05, 0) is 52.1 Å². The number of hydrogen-bond donors (Lipinski definition) is 3. The Labute approximate surface area is 231 Å². The Morgan fingerprint density at radius 3 is 2.23 bits per heavy atom. The minimum absolute atomic E-state index is 0.0259. The number of rotatable bonds is 10. The van der Waals surface area contributed by atoms with Crippen LogP contribution in [-0.4, -0.2) is 43.2 Å². The average molecular weight is 547 g/mol. The molecule has 0 spiro atoms. The number of amides is 2. The molecule has 4 rings (SSSR count). The molecule has 4 aromatic rings. The number of nitrogens with one attached hydrogen (secondary N) is 2. The van der Waals surface area contributed by atoms with Gasteiger partial charge in [0.15, 0.2) is 0 Å². The maximum Gasteiger partial charge on any atom is 0.255 e. The first-order chi connectivity index (χ1) is 18.9. The number of halogens is 2. The zero-order chi connectivity index (χ0) is 27.8. The molecule has 4 aromatic carbocycles. The van der Waals surface area contributed by atoms with E-state index in [1.54, 1.807) is 6.07 Å². The number of carbonyl (C=O) groups is 2. The van der Waals surface area contributed by atoms with Gasteiger partial charge in [0.1, 0.15) is 17.6 Å². The first kappa shape index (κ1) is 27.8. The van der Waals surface area contributed by atoms with Crippen LogP contribution in [0.2, 0.25) is 5.02 Å². The topological polar surface area (TPSA) is 87.7 Å². The molecule has 1 atom stereocenters. The molecule has 2 amide bonds. The van der Waals surface area contributed by atoms with Crippen LogP contribution in [0.3, 0.4) is 0 Å². The van der Waals surface area contributed by atoms with E-state index in [1.165, 1.54) is 37.4 Å². The summed E-state index contributed by atoms with van der Waals surface area (Å²) in [7, 11) is 1.53. The maximum atomic E-state index is 13.6. The summed E-state index contributed by atoms with van der Waals surface area (Å²) in [4.78, 5) is 26.3. The Morgan fingerprint density at radius 1 is 0.897 bits per heavy atom. The van der Waals surface area contributed by atoms with Crippen molar-refractivity contribution in [2.24, 2.45) is 0 Å². The SMILES string of the molecule is COCCNC(=O)[C@H](Cc1ccc(-c2ccccc2)cc1)NC(=O)c1cc(-c2ccc(F)c(Cl)c2)ccc1O. The van der Waals surface area contributed by atoms with Gasteiger partial charge in [-0.1, -0.05) is 78.3 Å². The quantitative estimate of drug-likeness (QED) is 0.225. The summed E-state index contributed by atoms with van der Waals surface area (Å²) in [5.41, 5.74) is 4.05. The number of hydrogen-bond acceptors (Lipinski definition) is 4. The van der Waals surface area contributed by atoms with Crippen molar-refractivity contribution in [3.8, 4) is 28.0 Å². The molecule has 0 saturated carbocycles. The smallest absolute Gasteiger partial charge is 0.255 e. The van der Waals surface area contributed by atoms with Gasteiger partial charge in [0, 0.05) is 20.1 Å². The monoisotopic (exact) mass is 546 g/mol. The van der Waals surface area contributed by atoms with Gasteiger partial charge >= 0.3 is 0 Å². The third-order valence-electron chi connectivity index (χ3n) is 6.22. The van der Waals surface area contributed by atoms with Gasteiger partial charge in [-0.3, -0.25) is 9.59 Å². The summed E-state index contributed by atoms with van der Waals surface area (Å²) in [6, 6.07) is 25.4. The van der Waals surface area contributed by atoms with Crippen molar-refractivity contribution in [2.75, 3.05) is 20.3 Å². The fraction of sp³-hybridized carbons (Fsp3) is 0.161. The van der Waals surface area contributed by atoms with Gasteiger partial charge in [-0.2, -0.15) is 0 Å². The van der Waals surface area contributed by atoms with E-state index in [0.29, 0.717) is 17.7 Å². The van der Waals surface area contributed by atoms with Crippen LogP contribution in [-0.2, 0) is 16.0 Å². The molecule has 0 heterocycles. The Bertz CT molecular complexity index is 1450. The van der Waals surface area contributed by atoms with Crippen molar-refractivity contribution in [1.82, 2.24) is 10.6 Å².